The predicted octanol–water partition coefficient (Wildman–Crippen LogP) is 6.52. The highest BCUT2D eigenvalue weighted by atomic mass is 35.5. The van der Waals surface area contributed by atoms with Crippen LogP contribution >= 0.6 is 35.5 Å². The smallest absolute Gasteiger partial charge is 0.191 e. The normalized spacial score (nSPS) is 14.0. The minimum Gasteiger partial charge on any atom is -0.305 e. The molecule has 0 saturated carbocycles. The fraction of sp³-hybridized carbons (Fsp3) is 0.379. The molecule has 6 nitrogen and oxygen atoms in total. The highest BCUT2D eigenvalue weighted by Gasteiger charge is 2.17. The van der Waals surface area contributed by atoms with E-state index in [1.165, 1.54) is 26.4 Å². The minimum atomic E-state index is 0. The number of nitrogens with zero attached hydrogens (tertiary/aromatic N) is 6. The topological polar surface area (TPSA) is 59.7 Å². The van der Waals surface area contributed by atoms with Gasteiger partial charge in [0.15, 0.2) is 11.0 Å². The van der Waals surface area contributed by atoms with Crippen molar-refractivity contribution in [1.82, 2.24) is 29.6 Å². The van der Waals surface area contributed by atoms with Crippen molar-refractivity contribution < 1.29 is 0 Å². The highest BCUT2D eigenvalue weighted by molar-refractivity contribution is 7.99. The molecule has 0 aliphatic carbocycles. The van der Waals surface area contributed by atoms with Crippen molar-refractivity contribution in [3.05, 3.63) is 64.3 Å². The quantitative estimate of drug-likeness (QED) is 0.166. The van der Waals surface area contributed by atoms with Crippen LogP contribution in [-0.2, 0) is 26.3 Å². The van der Waals surface area contributed by atoms with E-state index in [9.17, 15) is 0 Å². The zero-order valence-electron chi connectivity index (χ0n) is 22.1. The van der Waals surface area contributed by atoms with Crippen molar-refractivity contribution in [2.24, 2.45) is 7.05 Å². The number of thioether (sulfide) groups is 1. The van der Waals surface area contributed by atoms with Gasteiger partial charge >= 0.3 is 0 Å². The first-order valence-electron chi connectivity index (χ1n) is 13.1. The molecular formula is C29H33ClN6S2. The van der Waals surface area contributed by atoms with Crippen molar-refractivity contribution in [3.63, 3.8) is 0 Å². The van der Waals surface area contributed by atoms with Crippen molar-refractivity contribution in [2.75, 3.05) is 25.4 Å². The summed E-state index contributed by atoms with van der Waals surface area (Å²) in [5.74, 6) is 1.93. The first-order valence-corrected chi connectivity index (χ1v) is 14.9. The van der Waals surface area contributed by atoms with Gasteiger partial charge in [-0.2, -0.15) is 0 Å². The molecule has 1 aliphatic heterocycles. The Labute approximate surface area is 238 Å². The van der Waals surface area contributed by atoms with E-state index in [4.69, 9.17) is 4.98 Å². The molecule has 6 rings (SSSR count). The molecule has 4 heterocycles. The number of thiazole rings is 1. The van der Waals surface area contributed by atoms with Crippen LogP contribution in [0.4, 0.5) is 0 Å². The molecule has 38 heavy (non-hydrogen) atoms. The molecule has 0 atom stereocenters. The fourth-order valence-electron chi connectivity index (χ4n) is 5.19. The van der Waals surface area contributed by atoms with Crippen LogP contribution < -0.4 is 0 Å². The lowest BCUT2D eigenvalue weighted by Gasteiger charge is -2.19. The van der Waals surface area contributed by atoms with E-state index in [0.717, 1.165) is 84.2 Å². The maximum Gasteiger partial charge on any atom is 0.191 e. The number of aryl methyl sites for hydroxylation is 2. The van der Waals surface area contributed by atoms with Gasteiger partial charge in [0.1, 0.15) is 0 Å². The molecule has 2 aromatic carbocycles. The van der Waals surface area contributed by atoms with E-state index in [1.54, 1.807) is 11.8 Å². The lowest BCUT2D eigenvalue weighted by molar-refractivity contribution is 0.289. The summed E-state index contributed by atoms with van der Waals surface area (Å²) in [6.07, 6.45) is 4.40. The van der Waals surface area contributed by atoms with Crippen LogP contribution in [0.15, 0.2) is 47.6 Å². The molecule has 0 amide bonds. The third-order valence-corrected chi connectivity index (χ3v) is 9.52. The van der Waals surface area contributed by atoms with Crippen LogP contribution in [0.25, 0.3) is 32.5 Å². The number of halogens is 1. The number of rotatable bonds is 7. The van der Waals surface area contributed by atoms with Gasteiger partial charge in [-0.3, -0.25) is 4.98 Å². The van der Waals surface area contributed by atoms with E-state index in [1.807, 2.05) is 24.3 Å². The van der Waals surface area contributed by atoms with Gasteiger partial charge in [0.25, 0.3) is 0 Å². The van der Waals surface area contributed by atoms with Gasteiger partial charge in [-0.05, 0) is 74.5 Å². The first kappa shape index (κ1) is 27.1. The Balaban J connectivity index is 0.00000294. The van der Waals surface area contributed by atoms with Gasteiger partial charge in [-0.15, -0.1) is 33.9 Å². The summed E-state index contributed by atoms with van der Waals surface area (Å²) in [6.45, 7) is 7.58. The molecule has 0 N–H and O–H groups in total. The molecule has 0 spiro atoms. The number of pyridine rings is 1. The lowest BCUT2D eigenvalue weighted by atomic mass is 10.0. The summed E-state index contributed by atoms with van der Waals surface area (Å²) in [4.78, 5) is 12.1. The van der Waals surface area contributed by atoms with Gasteiger partial charge in [-0.25, -0.2) is 4.98 Å². The van der Waals surface area contributed by atoms with Crippen LogP contribution in [0.2, 0.25) is 0 Å². The second kappa shape index (κ2) is 11.7. The Hall–Kier alpha value is -2.52. The molecule has 9 heteroatoms. The Morgan fingerprint density at radius 2 is 1.79 bits per heavy atom. The zero-order chi connectivity index (χ0) is 25.4. The first-order chi connectivity index (χ1) is 18.1. The summed E-state index contributed by atoms with van der Waals surface area (Å²) < 4.78 is 3.46. The third-order valence-electron chi connectivity index (χ3n) is 7.25. The Kier molecular flexibility index (Phi) is 8.33. The standard InChI is InChI=1S/C29H32N6S2.ClH/c1-4-27-31-25-17-20-11-14-35(15-12-21(20)18-26(25)37-27)13-6-16-36-29-33-32-28(34(29)3)23-7-5-8-24-22(23)10-9-19(2)30-24;/h5,7-10,17-18H,4,6,11-16H2,1-3H3;1H. The van der Waals surface area contributed by atoms with Gasteiger partial charge in [0, 0.05) is 42.5 Å². The summed E-state index contributed by atoms with van der Waals surface area (Å²) >= 11 is 3.65. The summed E-state index contributed by atoms with van der Waals surface area (Å²) in [6, 6.07) is 15.2. The number of fused-ring (bicyclic) bond motifs is 3. The molecule has 0 saturated heterocycles. The fourth-order valence-corrected chi connectivity index (χ4v) is 6.98. The number of benzene rings is 2. The monoisotopic (exact) mass is 564 g/mol. The number of hydrogen-bond acceptors (Lipinski definition) is 7. The average Bonchev–Trinajstić information content (AvgIpc) is 3.42. The lowest BCUT2D eigenvalue weighted by Crippen LogP contribution is -2.27. The molecule has 1 aliphatic rings. The van der Waals surface area contributed by atoms with E-state index >= 15 is 0 Å². The molecule has 0 fully saturated rings. The van der Waals surface area contributed by atoms with E-state index < -0.39 is 0 Å². The van der Waals surface area contributed by atoms with Crippen LogP contribution in [0.1, 0.15) is 35.2 Å². The van der Waals surface area contributed by atoms with Gasteiger partial charge in [0.2, 0.25) is 0 Å². The van der Waals surface area contributed by atoms with Crippen LogP contribution in [-0.4, -0.2) is 55.0 Å². The van der Waals surface area contributed by atoms with Crippen LogP contribution in [0, 0.1) is 6.92 Å². The largest absolute Gasteiger partial charge is 0.305 e. The SMILES string of the molecule is CCc1nc2cc3c(cc2s1)CCN(CCCSc1nnc(-c2cccc4nc(C)ccc24)n1C)CC3.Cl. The molecule has 198 valence electrons. The Bertz CT molecular complexity index is 1530. The average molecular weight is 565 g/mol. The third kappa shape index (κ3) is 5.45. The van der Waals surface area contributed by atoms with Crippen LogP contribution in [0.3, 0.4) is 0 Å². The van der Waals surface area contributed by atoms with Gasteiger partial charge in [-0.1, -0.05) is 36.9 Å². The zero-order valence-corrected chi connectivity index (χ0v) is 24.6. The second-order valence-electron chi connectivity index (χ2n) is 9.78. The Morgan fingerprint density at radius 3 is 2.61 bits per heavy atom. The molecule has 3 aromatic heterocycles. The summed E-state index contributed by atoms with van der Waals surface area (Å²) in [5.41, 5.74) is 7.29. The van der Waals surface area contributed by atoms with E-state index in [2.05, 4.69) is 75.0 Å². The van der Waals surface area contributed by atoms with Gasteiger partial charge in [0.05, 0.1) is 20.7 Å². The van der Waals surface area contributed by atoms with Crippen LogP contribution in [0.5, 0.6) is 0 Å². The maximum absolute atomic E-state index is 4.81. The molecule has 0 bridgehead atoms. The van der Waals surface area contributed by atoms with Crippen molar-refractivity contribution >= 4 is 56.6 Å². The number of hydrogen-bond donors (Lipinski definition) is 0. The highest BCUT2D eigenvalue weighted by Crippen LogP contribution is 2.30. The van der Waals surface area contributed by atoms with Gasteiger partial charge < -0.3 is 9.47 Å². The molecule has 5 aromatic rings. The summed E-state index contributed by atoms with van der Waals surface area (Å²) in [5, 5.41) is 12.4. The Morgan fingerprint density at radius 1 is 0.974 bits per heavy atom. The minimum absolute atomic E-state index is 0. The van der Waals surface area contributed by atoms with Crippen molar-refractivity contribution in [3.8, 4) is 11.4 Å². The maximum atomic E-state index is 4.81. The number of aromatic nitrogens is 5. The van der Waals surface area contributed by atoms with E-state index in [-0.39, 0.29) is 12.4 Å². The molecular weight excluding hydrogens is 532 g/mol. The molecule has 0 radical (unpaired) electrons. The summed E-state index contributed by atoms with van der Waals surface area (Å²) in [7, 11) is 2.06. The second-order valence-corrected chi connectivity index (χ2v) is 12.0. The molecule has 0 unspecified atom stereocenters. The van der Waals surface area contributed by atoms with Crippen molar-refractivity contribution in [1.29, 1.82) is 0 Å². The van der Waals surface area contributed by atoms with Crippen molar-refractivity contribution in [2.45, 2.75) is 44.7 Å². The van der Waals surface area contributed by atoms with E-state index in [0.29, 0.717) is 0 Å². The predicted molar refractivity (Wildman–Crippen MR) is 162 cm³/mol.